The Morgan fingerprint density at radius 2 is 1.93 bits per heavy atom. The van der Waals surface area contributed by atoms with E-state index >= 15 is 0 Å². The minimum absolute atomic E-state index is 0.00297. The van der Waals surface area contributed by atoms with E-state index in [1.54, 1.807) is 0 Å². The van der Waals surface area contributed by atoms with E-state index in [1.165, 1.54) is 18.2 Å². The average Bonchev–Trinajstić information content (AvgIpc) is 2.82. The van der Waals surface area contributed by atoms with Gasteiger partial charge in [-0.3, -0.25) is 20.2 Å². The number of aliphatic hydroxyl groups is 1. The minimum Gasteiger partial charge on any atom is -0.473 e. The standard InChI is InChI=1S/C17H23N3O7/c1-10(2)8-14(21)15(18)27-11-4-5-12-13(9-11)17(23)19(16(12)22)6-3-7-26-20(24)25/h4-5,9-10,14-15,21H,3,6-8,18H2,1-2H3. The molecule has 0 spiro atoms. The second-order valence-corrected chi connectivity index (χ2v) is 6.66. The molecule has 1 aromatic rings. The van der Waals surface area contributed by atoms with E-state index in [2.05, 4.69) is 4.84 Å². The number of fused-ring (bicyclic) bond motifs is 1. The molecule has 0 radical (unpaired) electrons. The molecular formula is C17H23N3O7. The largest absolute Gasteiger partial charge is 0.473 e. The SMILES string of the molecule is CC(C)CC(O)C(N)Oc1ccc2c(c1)C(=O)N(CCCO[N+](=O)[O-])C2=O. The lowest BCUT2D eigenvalue weighted by atomic mass is 10.1. The van der Waals surface area contributed by atoms with E-state index in [9.17, 15) is 24.8 Å². The molecule has 10 nitrogen and oxygen atoms in total. The summed E-state index contributed by atoms with van der Waals surface area (Å²) in [5, 5.41) is 19.2. The Hall–Kier alpha value is -2.72. The molecular weight excluding hydrogens is 358 g/mol. The summed E-state index contributed by atoms with van der Waals surface area (Å²) in [4.78, 5) is 40.1. The van der Waals surface area contributed by atoms with Gasteiger partial charge in [0, 0.05) is 6.54 Å². The van der Waals surface area contributed by atoms with Crippen molar-refractivity contribution in [2.24, 2.45) is 11.7 Å². The second-order valence-electron chi connectivity index (χ2n) is 6.66. The van der Waals surface area contributed by atoms with Gasteiger partial charge in [-0.15, -0.1) is 10.1 Å². The molecule has 2 unspecified atom stereocenters. The van der Waals surface area contributed by atoms with Gasteiger partial charge in [-0.25, -0.2) is 0 Å². The highest BCUT2D eigenvalue weighted by atomic mass is 16.9. The summed E-state index contributed by atoms with van der Waals surface area (Å²) in [6.45, 7) is 3.68. The van der Waals surface area contributed by atoms with Crippen molar-refractivity contribution in [3.05, 3.63) is 39.4 Å². The number of carbonyl (C=O) groups excluding carboxylic acids is 2. The Balaban J connectivity index is 2.03. The first-order valence-corrected chi connectivity index (χ1v) is 8.58. The number of benzene rings is 1. The van der Waals surface area contributed by atoms with E-state index in [4.69, 9.17) is 10.5 Å². The fourth-order valence-corrected chi connectivity index (χ4v) is 2.76. The van der Waals surface area contributed by atoms with Gasteiger partial charge in [-0.05, 0) is 37.0 Å². The van der Waals surface area contributed by atoms with Crippen LogP contribution in [0.3, 0.4) is 0 Å². The van der Waals surface area contributed by atoms with E-state index in [-0.39, 0.29) is 42.4 Å². The molecule has 0 saturated carbocycles. The number of amides is 2. The maximum atomic E-state index is 12.4. The third-order valence-corrected chi connectivity index (χ3v) is 4.03. The lowest BCUT2D eigenvalue weighted by Crippen LogP contribution is -2.40. The van der Waals surface area contributed by atoms with Crippen LogP contribution in [0.4, 0.5) is 0 Å². The zero-order chi connectivity index (χ0) is 20.1. The van der Waals surface area contributed by atoms with E-state index in [0.29, 0.717) is 6.42 Å². The van der Waals surface area contributed by atoms with E-state index in [0.717, 1.165) is 4.90 Å². The highest BCUT2D eigenvalue weighted by Gasteiger charge is 2.35. The van der Waals surface area contributed by atoms with Crippen LogP contribution in [0.5, 0.6) is 5.75 Å². The van der Waals surface area contributed by atoms with Crippen LogP contribution in [0.1, 0.15) is 47.4 Å². The fourth-order valence-electron chi connectivity index (χ4n) is 2.76. The number of nitrogens with two attached hydrogens (primary N) is 1. The normalized spacial score (nSPS) is 15.7. The number of carbonyl (C=O) groups is 2. The summed E-state index contributed by atoms with van der Waals surface area (Å²) in [5.41, 5.74) is 6.22. The van der Waals surface area contributed by atoms with Gasteiger partial charge in [0.1, 0.15) is 11.9 Å². The van der Waals surface area contributed by atoms with Gasteiger partial charge in [0.05, 0.1) is 17.7 Å². The monoisotopic (exact) mass is 381 g/mol. The molecule has 10 heteroatoms. The Labute approximate surface area is 155 Å². The number of nitrogens with zero attached hydrogens (tertiary/aromatic N) is 2. The summed E-state index contributed by atoms with van der Waals surface area (Å²) in [7, 11) is 0. The number of hydrogen-bond donors (Lipinski definition) is 2. The maximum absolute atomic E-state index is 12.4. The Bertz CT molecular complexity index is 722. The van der Waals surface area contributed by atoms with Gasteiger partial charge in [0.2, 0.25) is 0 Å². The minimum atomic E-state index is -0.965. The predicted octanol–water partition coefficient (Wildman–Crippen LogP) is 0.952. The van der Waals surface area contributed by atoms with Gasteiger partial charge in [-0.2, -0.15) is 0 Å². The molecule has 0 saturated heterocycles. The van der Waals surface area contributed by atoms with Gasteiger partial charge in [-0.1, -0.05) is 13.8 Å². The number of rotatable bonds is 10. The Kier molecular flexibility index (Phi) is 6.70. The van der Waals surface area contributed by atoms with Crippen molar-refractivity contribution < 1.29 is 29.4 Å². The first-order valence-electron chi connectivity index (χ1n) is 8.58. The molecule has 2 amide bonds. The second kappa shape index (κ2) is 8.78. The lowest BCUT2D eigenvalue weighted by molar-refractivity contribution is -0.757. The van der Waals surface area contributed by atoms with Gasteiger partial charge in [0.25, 0.3) is 16.9 Å². The van der Waals surface area contributed by atoms with Crippen molar-refractivity contribution >= 4 is 11.8 Å². The molecule has 27 heavy (non-hydrogen) atoms. The quantitative estimate of drug-likeness (QED) is 0.200. The average molecular weight is 381 g/mol. The summed E-state index contributed by atoms with van der Waals surface area (Å²) >= 11 is 0. The molecule has 0 fully saturated rings. The van der Waals surface area contributed by atoms with Gasteiger partial charge in [0.15, 0.2) is 6.23 Å². The topological polar surface area (TPSA) is 145 Å². The molecule has 0 bridgehead atoms. The molecule has 0 aliphatic carbocycles. The van der Waals surface area contributed by atoms with E-state index < -0.39 is 29.2 Å². The molecule has 1 aliphatic rings. The van der Waals surface area contributed by atoms with Crippen LogP contribution in [-0.4, -0.2) is 52.4 Å². The van der Waals surface area contributed by atoms with Crippen LogP contribution in [0.2, 0.25) is 0 Å². The smallest absolute Gasteiger partial charge is 0.294 e. The fraction of sp³-hybridized carbons (Fsp3) is 0.529. The molecule has 1 aromatic carbocycles. The Morgan fingerprint density at radius 1 is 1.26 bits per heavy atom. The summed E-state index contributed by atoms with van der Waals surface area (Å²) in [6.07, 6.45) is -1.23. The van der Waals surface area contributed by atoms with Gasteiger partial charge >= 0.3 is 0 Å². The van der Waals surface area contributed by atoms with Crippen LogP contribution in [0.15, 0.2) is 18.2 Å². The molecule has 3 N–H and O–H groups in total. The zero-order valence-electron chi connectivity index (χ0n) is 15.2. The molecule has 1 heterocycles. The van der Waals surface area contributed by atoms with Crippen LogP contribution >= 0.6 is 0 Å². The molecule has 2 rings (SSSR count). The number of imide groups is 1. The van der Waals surface area contributed by atoms with Crippen molar-refractivity contribution in [2.45, 2.75) is 39.0 Å². The van der Waals surface area contributed by atoms with Crippen molar-refractivity contribution in [3.8, 4) is 5.75 Å². The predicted molar refractivity (Wildman–Crippen MR) is 93.4 cm³/mol. The van der Waals surface area contributed by atoms with Crippen LogP contribution in [-0.2, 0) is 4.84 Å². The van der Waals surface area contributed by atoms with Crippen molar-refractivity contribution in [1.82, 2.24) is 4.90 Å². The number of aliphatic hydroxyl groups excluding tert-OH is 1. The lowest BCUT2D eigenvalue weighted by Gasteiger charge is -2.21. The summed E-state index contributed by atoms with van der Waals surface area (Å²) in [5.74, 6) is -0.491. The summed E-state index contributed by atoms with van der Waals surface area (Å²) < 4.78 is 5.50. The summed E-state index contributed by atoms with van der Waals surface area (Å²) in [6, 6.07) is 4.37. The third-order valence-electron chi connectivity index (χ3n) is 4.03. The first-order chi connectivity index (χ1) is 12.7. The third kappa shape index (κ3) is 5.14. The van der Waals surface area contributed by atoms with Crippen LogP contribution in [0, 0.1) is 16.0 Å². The van der Waals surface area contributed by atoms with Crippen LogP contribution < -0.4 is 10.5 Å². The number of hydrogen-bond acceptors (Lipinski definition) is 8. The molecule has 148 valence electrons. The maximum Gasteiger partial charge on any atom is 0.294 e. The molecule has 2 atom stereocenters. The highest BCUT2D eigenvalue weighted by Crippen LogP contribution is 2.27. The Morgan fingerprint density at radius 3 is 2.56 bits per heavy atom. The highest BCUT2D eigenvalue weighted by molar-refractivity contribution is 6.21. The zero-order valence-corrected chi connectivity index (χ0v) is 15.2. The molecule has 1 aliphatic heterocycles. The van der Waals surface area contributed by atoms with Crippen molar-refractivity contribution in [2.75, 3.05) is 13.2 Å². The van der Waals surface area contributed by atoms with Crippen LogP contribution in [0.25, 0.3) is 0 Å². The number of ether oxygens (including phenoxy) is 1. The van der Waals surface area contributed by atoms with Crippen molar-refractivity contribution in [3.63, 3.8) is 0 Å². The van der Waals surface area contributed by atoms with Crippen molar-refractivity contribution in [1.29, 1.82) is 0 Å². The molecule has 0 aromatic heterocycles. The van der Waals surface area contributed by atoms with Gasteiger partial charge < -0.3 is 14.7 Å². The van der Waals surface area contributed by atoms with E-state index in [1.807, 2.05) is 13.8 Å². The first kappa shape index (κ1) is 20.6.